The number of phenolic OH excluding ortho intramolecular Hbond substituents is 1. The first-order valence-electron chi connectivity index (χ1n) is 12.5. The summed E-state index contributed by atoms with van der Waals surface area (Å²) in [4.78, 5) is 32.1. The first kappa shape index (κ1) is 33.3. The van der Waals surface area contributed by atoms with Gasteiger partial charge in [0.2, 0.25) is 0 Å². The summed E-state index contributed by atoms with van der Waals surface area (Å²) in [6.07, 6.45) is 11.3. The molecular formula is C31H42O6. The van der Waals surface area contributed by atoms with Crippen molar-refractivity contribution in [2.75, 3.05) is 6.61 Å². The molecule has 0 aliphatic carbocycles. The SMILES string of the molecule is C.C=CC(=O)OCCCCCCCCCC.CC(=O)c1ccccc1O.O=c1ccc2ccccc2o1. The fourth-order valence-corrected chi connectivity index (χ4v) is 3.25. The average molecular weight is 511 g/mol. The summed E-state index contributed by atoms with van der Waals surface area (Å²) in [5.74, 6) is -0.369. The van der Waals surface area contributed by atoms with Crippen molar-refractivity contribution in [1.82, 2.24) is 0 Å². The molecule has 0 aliphatic rings. The lowest BCUT2D eigenvalue weighted by atomic mass is 10.1. The zero-order valence-electron chi connectivity index (χ0n) is 21.4. The molecule has 37 heavy (non-hydrogen) atoms. The number of ether oxygens (including phenoxy) is 1. The van der Waals surface area contributed by atoms with Crippen LogP contribution in [0.15, 0.2) is 82.5 Å². The quantitative estimate of drug-likeness (QED) is 0.0927. The summed E-state index contributed by atoms with van der Waals surface area (Å²) in [6.45, 7) is 7.54. The number of aromatic hydroxyl groups is 1. The van der Waals surface area contributed by atoms with Crippen LogP contribution in [0.5, 0.6) is 5.75 Å². The van der Waals surface area contributed by atoms with Crippen LogP contribution >= 0.6 is 0 Å². The summed E-state index contributed by atoms with van der Waals surface area (Å²) in [7, 11) is 0. The Morgan fingerprint density at radius 3 is 2.08 bits per heavy atom. The second kappa shape index (κ2) is 20.5. The van der Waals surface area contributed by atoms with E-state index in [1.54, 1.807) is 30.3 Å². The van der Waals surface area contributed by atoms with Crippen LogP contribution in [0.3, 0.4) is 0 Å². The van der Waals surface area contributed by atoms with Crippen molar-refractivity contribution in [1.29, 1.82) is 0 Å². The van der Waals surface area contributed by atoms with Crippen LogP contribution < -0.4 is 5.63 Å². The Balaban J connectivity index is 0.000000529. The maximum absolute atomic E-state index is 10.7. The number of phenols is 1. The van der Waals surface area contributed by atoms with Crippen molar-refractivity contribution in [2.24, 2.45) is 0 Å². The smallest absolute Gasteiger partial charge is 0.336 e. The van der Waals surface area contributed by atoms with Crippen LogP contribution in [0.1, 0.15) is 83.0 Å². The van der Waals surface area contributed by atoms with Crippen molar-refractivity contribution in [3.8, 4) is 5.75 Å². The summed E-state index contributed by atoms with van der Waals surface area (Å²) in [6, 6.07) is 17.1. The second-order valence-electron chi connectivity index (χ2n) is 8.21. The molecule has 1 heterocycles. The Morgan fingerprint density at radius 2 is 1.49 bits per heavy atom. The van der Waals surface area contributed by atoms with E-state index in [0.29, 0.717) is 17.8 Å². The van der Waals surface area contributed by atoms with Gasteiger partial charge < -0.3 is 14.3 Å². The molecule has 1 aromatic heterocycles. The number of esters is 1. The predicted octanol–water partition coefficient (Wildman–Crippen LogP) is 7.88. The van der Waals surface area contributed by atoms with Gasteiger partial charge in [0.1, 0.15) is 11.3 Å². The molecule has 6 nitrogen and oxygen atoms in total. The number of carbonyl (C=O) groups is 2. The van der Waals surface area contributed by atoms with Crippen molar-refractivity contribution in [2.45, 2.75) is 72.6 Å². The summed E-state index contributed by atoms with van der Waals surface area (Å²) >= 11 is 0. The lowest BCUT2D eigenvalue weighted by Gasteiger charge is -2.02. The fraction of sp³-hybridized carbons (Fsp3) is 0.387. The van der Waals surface area contributed by atoms with E-state index in [1.165, 1.54) is 63.7 Å². The van der Waals surface area contributed by atoms with Crippen molar-refractivity contribution in [3.05, 3.63) is 89.3 Å². The van der Waals surface area contributed by atoms with Gasteiger partial charge in [-0.05, 0) is 37.6 Å². The number of Topliss-reactive ketones (excluding diaryl/α,β-unsaturated/α-hetero) is 1. The molecule has 2 aromatic carbocycles. The third-order valence-corrected chi connectivity index (χ3v) is 5.22. The lowest BCUT2D eigenvalue weighted by molar-refractivity contribution is -0.137. The molecule has 3 aromatic rings. The number of unbranched alkanes of at least 4 members (excludes halogenated alkanes) is 7. The van der Waals surface area contributed by atoms with E-state index in [9.17, 15) is 14.4 Å². The van der Waals surface area contributed by atoms with E-state index < -0.39 is 0 Å². The van der Waals surface area contributed by atoms with Gasteiger partial charge in [-0.1, -0.05) is 96.2 Å². The molecule has 202 valence electrons. The van der Waals surface area contributed by atoms with Gasteiger partial charge in [-0.2, -0.15) is 0 Å². The summed E-state index contributed by atoms with van der Waals surface area (Å²) < 4.78 is 9.79. The molecular weight excluding hydrogens is 468 g/mol. The highest BCUT2D eigenvalue weighted by atomic mass is 16.5. The third-order valence-electron chi connectivity index (χ3n) is 5.22. The highest BCUT2D eigenvalue weighted by Gasteiger charge is 2.02. The number of para-hydroxylation sites is 2. The molecule has 0 atom stereocenters. The van der Waals surface area contributed by atoms with E-state index in [2.05, 4.69) is 13.5 Å². The van der Waals surface area contributed by atoms with Gasteiger partial charge in [0.25, 0.3) is 0 Å². The van der Waals surface area contributed by atoms with E-state index in [-0.39, 0.29) is 30.6 Å². The number of hydrogen-bond donors (Lipinski definition) is 1. The highest BCUT2D eigenvalue weighted by Crippen LogP contribution is 2.15. The molecule has 0 saturated heterocycles. The van der Waals surface area contributed by atoms with Crippen LogP contribution in [0.4, 0.5) is 0 Å². The minimum Gasteiger partial charge on any atom is -0.507 e. The Morgan fingerprint density at radius 1 is 0.892 bits per heavy atom. The standard InChI is InChI=1S/C13H24O2.C9H6O2.C8H8O2.CH4/c1-3-5-6-7-8-9-10-11-12-15-13(14)4-2;10-9-6-5-7-3-1-2-4-8(7)11-9;1-6(9)7-4-2-3-5-8(7)10;/h4H,2-3,5-12H2,1H3;1-6H;2-5,10H,1H3;1H4. The molecule has 0 unspecified atom stereocenters. The highest BCUT2D eigenvalue weighted by molar-refractivity contribution is 5.96. The zero-order chi connectivity index (χ0) is 26.6. The summed E-state index contributed by atoms with van der Waals surface area (Å²) in [5, 5.41) is 10.0. The van der Waals surface area contributed by atoms with Gasteiger partial charge in [-0.25, -0.2) is 9.59 Å². The molecule has 0 radical (unpaired) electrons. The van der Waals surface area contributed by atoms with Gasteiger partial charge >= 0.3 is 11.6 Å². The first-order valence-corrected chi connectivity index (χ1v) is 12.5. The molecule has 0 amide bonds. The maximum Gasteiger partial charge on any atom is 0.336 e. The maximum atomic E-state index is 10.7. The van der Waals surface area contributed by atoms with Gasteiger partial charge in [0.15, 0.2) is 5.78 Å². The fourth-order valence-electron chi connectivity index (χ4n) is 3.25. The van der Waals surface area contributed by atoms with Crippen molar-refractivity contribution in [3.63, 3.8) is 0 Å². The van der Waals surface area contributed by atoms with E-state index >= 15 is 0 Å². The zero-order valence-corrected chi connectivity index (χ0v) is 21.4. The van der Waals surface area contributed by atoms with Crippen LogP contribution in [-0.4, -0.2) is 23.5 Å². The molecule has 0 aliphatic heterocycles. The minimum absolute atomic E-state index is 0. The van der Waals surface area contributed by atoms with E-state index in [0.717, 1.165) is 18.2 Å². The lowest BCUT2D eigenvalue weighted by Crippen LogP contribution is -2.01. The van der Waals surface area contributed by atoms with E-state index in [1.807, 2.05) is 18.2 Å². The predicted molar refractivity (Wildman–Crippen MR) is 151 cm³/mol. The largest absolute Gasteiger partial charge is 0.507 e. The molecule has 0 spiro atoms. The molecule has 1 N–H and O–H groups in total. The molecule has 0 fully saturated rings. The van der Waals surface area contributed by atoms with Gasteiger partial charge in [-0.3, -0.25) is 4.79 Å². The Labute approximate surface area is 221 Å². The average Bonchev–Trinajstić information content (AvgIpc) is 2.88. The number of hydrogen-bond acceptors (Lipinski definition) is 6. The van der Waals surface area contributed by atoms with Crippen LogP contribution in [0.2, 0.25) is 0 Å². The van der Waals surface area contributed by atoms with Crippen LogP contribution in [0, 0.1) is 0 Å². The number of ketones is 1. The van der Waals surface area contributed by atoms with E-state index in [4.69, 9.17) is 14.3 Å². The number of benzene rings is 2. The molecule has 0 saturated carbocycles. The van der Waals surface area contributed by atoms with Crippen molar-refractivity contribution < 1.29 is 23.8 Å². The minimum atomic E-state index is -0.307. The number of carbonyl (C=O) groups excluding carboxylic acids is 2. The molecule has 0 bridgehead atoms. The van der Waals surface area contributed by atoms with Crippen LogP contribution in [-0.2, 0) is 9.53 Å². The van der Waals surface area contributed by atoms with Gasteiger partial charge in [-0.15, -0.1) is 0 Å². The first-order chi connectivity index (χ1) is 17.4. The Bertz CT molecular complexity index is 1120. The second-order valence-corrected chi connectivity index (χ2v) is 8.21. The third kappa shape index (κ3) is 15.1. The summed E-state index contributed by atoms with van der Waals surface area (Å²) in [5.41, 5.74) is 0.714. The monoisotopic (exact) mass is 510 g/mol. The van der Waals surface area contributed by atoms with Crippen LogP contribution in [0.25, 0.3) is 11.0 Å². The number of fused-ring (bicyclic) bond motifs is 1. The van der Waals surface area contributed by atoms with Crippen molar-refractivity contribution >= 4 is 22.7 Å². The molecule has 6 heteroatoms. The van der Waals surface area contributed by atoms with Gasteiger partial charge in [0.05, 0.1) is 12.2 Å². The Hall–Kier alpha value is -3.67. The topological polar surface area (TPSA) is 93.8 Å². The normalized spacial score (nSPS) is 9.57. The van der Waals surface area contributed by atoms with Gasteiger partial charge in [0, 0.05) is 17.5 Å². The molecule has 3 rings (SSSR count). The number of rotatable bonds is 11. The Kier molecular flexibility index (Phi) is 18.5.